The molecule has 7 nitrogen and oxygen atoms in total. The van der Waals surface area contributed by atoms with Crippen molar-refractivity contribution < 1.29 is 33.4 Å². The van der Waals surface area contributed by atoms with Gasteiger partial charge in [-0.05, 0) is 32.4 Å². The highest BCUT2D eigenvalue weighted by Crippen LogP contribution is 2.39. The molecule has 7 heteroatoms. The van der Waals surface area contributed by atoms with Gasteiger partial charge in [0.1, 0.15) is 6.10 Å². The molecule has 0 saturated carbocycles. The fraction of sp³-hybridized carbons (Fsp3) is 0.455. The second-order valence-corrected chi connectivity index (χ2v) is 7.35. The number of ketones is 1. The Balaban J connectivity index is 2.55. The van der Waals surface area contributed by atoms with Gasteiger partial charge in [-0.25, -0.2) is 9.59 Å². The molecule has 1 aliphatic heterocycles. The third kappa shape index (κ3) is 5.10. The molecule has 0 radical (unpaired) electrons. The summed E-state index contributed by atoms with van der Waals surface area (Å²) in [7, 11) is 0. The monoisotopic (exact) mass is 402 g/mol. The van der Waals surface area contributed by atoms with Gasteiger partial charge in [0.15, 0.2) is 18.0 Å². The van der Waals surface area contributed by atoms with E-state index in [1.165, 1.54) is 13.0 Å². The largest absolute Gasteiger partial charge is 0.458 e. The summed E-state index contributed by atoms with van der Waals surface area (Å²) in [4.78, 5) is 48.8. The molecule has 0 spiro atoms. The lowest BCUT2D eigenvalue weighted by Crippen LogP contribution is -2.43. The lowest BCUT2D eigenvalue weighted by molar-refractivity contribution is -0.162. The summed E-state index contributed by atoms with van der Waals surface area (Å²) in [5.41, 5.74) is 1.48. The van der Waals surface area contributed by atoms with Crippen molar-refractivity contribution in [2.24, 2.45) is 5.92 Å². The van der Waals surface area contributed by atoms with Crippen LogP contribution in [0.2, 0.25) is 0 Å². The molecule has 0 aromatic carbocycles. The summed E-state index contributed by atoms with van der Waals surface area (Å²) in [6.07, 6.45) is 0.326. The molecule has 4 atom stereocenters. The van der Waals surface area contributed by atoms with Crippen LogP contribution in [0.15, 0.2) is 47.6 Å². The van der Waals surface area contributed by atoms with E-state index in [1.807, 2.05) is 0 Å². The normalized spacial score (nSPS) is 28.3. The highest BCUT2D eigenvalue weighted by molar-refractivity contribution is 5.93. The van der Waals surface area contributed by atoms with Crippen LogP contribution in [0.1, 0.15) is 40.5 Å². The van der Waals surface area contributed by atoms with Crippen molar-refractivity contribution in [1.82, 2.24) is 0 Å². The first-order valence-electron chi connectivity index (χ1n) is 9.33. The second kappa shape index (κ2) is 9.03. The Bertz CT molecular complexity index is 830. The van der Waals surface area contributed by atoms with Gasteiger partial charge in [0.2, 0.25) is 0 Å². The number of carbonyl (C=O) groups is 4. The van der Waals surface area contributed by atoms with Crippen LogP contribution in [0.3, 0.4) is 0 Å². The molecule has 1 aliphatic carbocycles. The Morgan fingerprint density at radius 1 is 1.21 bits per heavy atom. The summed E-state index contributed by atoms with van der Waals surface area (Å²) in [6, 6.07) is 0. The molecular weight excluding hydrogens is 376 g/mol. The Labute approximate surface area is 170 Å². The van der Waals surface area contributed by atoms with Gasteiger partial charge in [-0.3, -0.25) is 9.59 Å². The van der Waals surface area contributed by atoms with E-state index in [0.29, 0.717) is 16.7 Å². The number of hydrogen-bond donors (Lipinski definition) is 0. The first-order valence-corrected chi connectivity index (χ1v) is 9.33. The van der Waals surface area contributed by atoms with Crippen LogP contribution in [-0.2, 0) is 33.4 Å². The van der Waals surface area contributed by atoms with E-state index in [2.05, 4.69) is 13.2 Å². The van der Waals surface area contributed by atoms with Crippen molar-refractivity contribution in [3.63, 3.8) is 0 Å². The maximum Gasteiger partial charge on any atom is 0.334 e. The van der Waals surface area contributed by atoms with Gasteiger partial charge >= 0.3 is 17.9 Å². The van der Waals surface area contributed by atoms with E-state index in [4.69, 9.17) is 14.2 Å². The second-order valence-electron chi connectivity index (χ2n) is 7.35. The smallest absolute Gasteiger partial charge is 0.334 e. The van der Waals surface area contributed by atoms with Gasteiger partial charge < -0.3 is 14.2 Å². The number of hydrogen-bond acceptors (Lipinski definition) is 7. The van der Waals surface area contributed by atoms with Crippen LogP contribution in [0.5, 0.6) is 0 Å². The molecule has 1 saturated heterocycles. The van der Waals surface area contributed by atoms with Crippen LogP contribution in [0.4, 0.5) is 0 Å². The quantitative estimate of drug-likeness (QED) is 0.310. The molecule has 2 rings (SSSR count). The van der Waals surface area contributed by atoms with Crippen molar-refractivity contribution in [2.75, 3.05) is 0 Å². The topological polar surface area (TPSA) is 96.0 Å². The van der Waals surface area contributed by atoms with Crippen LogP contribution in [0.25, 0.3) is 0 Å². The molecule has 0 bridgehead atoms. The zero-order valence-corrected chi connectivity index (χ0v) is 17.2. The van der Waals surface area contributed by atoms with E-state index in [0.717, 1.165) is 0 Å². The zero-order valence-electron chi connectivity index (χ0n) is 17.2. The highest BCUT2D eigenvalue weighted by Gasteiger charge is 2.50. The van der Waals surface area contributed by atoms with Gasteiger partial charge in [0, 0.05) is 30.9 Å². The Morgan fingerprint density at radius 2 is 1.86 bits per heavy atom. The van der Waals surface area contributed by atoms with Crippen molar-refractivity contribution in [1.29, 1.82) is 0 Å². The molecule has 0 amide bonds. The molecule has 0 aromatic rings. The van der Waals surface area contributed by atoms with E-state index in [-0.39, 0.29) is 24.2 Å². The summed E-state index contributed by atoms with van der Waals surface area (Å²) in [5, 5.41) is 0. The van der Waals surface area contributed by atoms with Crippen molar-refractivity contribution in [3.05, 3.63) is 47.6 Å². The van der Waals surface area contributed by atoms with Crippen molar-refractivity contribution >= 4 is 23.7 Å². The van der Waals surface area contributed by atoms with Crippen LogP contribution in [-0.4, -0.2) is 42.0 Å². The lowest BCUT2D eigenvalue weighted by atomic mass is 9.82. The SMILES string of the molecule is C=C1CC(=O)C=C(C)C(OC(C)=O)C2OC(=O)C(=C)C2C(OC(=O)C(C)=CC)C1. The van der Waals surface area contributed by atoms with Crippen molar-refractivity contribution in [2.45, 2.75) is 58.8 Å². The fourth-order valence-electron chi connectivity index (χ4n) is 3.47. The highest BCUT2D eigenvalue weighted by atomic mass is 16.6. The van der Waals surface area contributed by atoms with Gasteiger partial charge in [0.05, 0.1) is 5.92 Å². The molecule has 0 N–H and O–H groups in total. The average Bonchev–Trinajstić information content (AvgIpc) is 2.91. The number of fused-ring (bicyclic) bond motifs is 1. The minimum absolute atomic E-state index is 0.0411. The summed E-state index contributed by atoms with van der Waals surface area (Å²) >= 11 is 0. The van der Waals surface area contributed by atoms with Crippen molar-refractivity contribution in [3.8, 4) is 0 Å². The maximum absolute atomic E-state index is 12.4. The number of carbonyl (C=O) groups excluding carboxylic acids is 4. The Kier molecular flexibility index (Phi) is 6.95. The lowest BCUT2D eigenvalue weighted by Gasteiger charge is -2.32. The molecule has 1 fully saturated rings. The summed E-state index contributed by atoms with van der Waals surface area (Å²) < 4.78 is 16.5. The first-order chi connectivity index (χ1) is 13.5. The van der Waals surface area contributed by atoms with Crippen LogP contribution >= 0.6 is 0 Å². The summed E-state index contributed by atoms with van der Waals surface area (Å²) in [6.45, 7) is 13.9. The van der Waals surface area contributed by atoms with E-state index < -0.39 is 42.1 Å². The maximum atomic E-state index is 12.4. The number of ether oxygens (including phenoxy) is 3. The van der Waals surface area contributed by atoms with E-state index in [9.17, 15) is 19.2 Å². The Morgan fingerprint density at radius 3 is 2.45 bits per heavy atom. The molecule has 2 aliphatic rings. The minimum Gasteiger partial charge on any atom is -0.458 e. The van der Waals surface area contributed by atoms with Gasteiger partial charge in [-0.15, -0.1) is 0 Å². The fourth-order valence-corrected chi connectivity index (χ4v) is 3.47. The predicted molar refractivity (Wildman–Crippen MR) is 105 cm³/mol. The van der Waals surface area contributed by atoms with Gasteiger partial charge in [0.25, 0.3) is 0 Å². The number of allylic oxidation sites excluding steroid dienone is 2. The third-order valence-electron chi connectivity index (χ3n) is 5.02. The minimum atomic E-state index is -1.000. The molecule has 1 heterocycles. The molecule has 4 unspecified atom stereocenters. The first kappa shape index (κ1) is 22.3. The zero-order chi connectivity index (χ0) is 21.9. The Hall–Kier alpha value is -2.96. The molecule has 156 valence electrons. The average molecular weight is 402 g/mol. The number of esters is 3. The third-order valence-corrected chi connectivity index (χ3v) is 5.02. The van der Waals surface area contributed by atoms with E-state index >= 15 is 0 Å². The standard InChI is InChI=1S/C22H26O7/c1-7-12(3)21(25)28-17-9-11(2)8-16(24)10-13(4)19(27-15(6)23)20-18(17)14(5)22(26)29-20/h7,10,17-20H,2,5,8-9H2,1,3-4,6H3. The molecule has 0 aromatic heterocycles. The van der Waals surface area contributed by atoms with Crippen LogP contribution < -0.4 is 0 Å². The van der Waals surface area contributed by atoms with Crippen LogP contribution in [0, 0.1) is 5.92 Å². The van der Waals surface area contributed by atoms with Gasteiger partial charge in [-0.2, -0.15) is 0 Å². The van der Waals surface area contributed by atoms with Gasteiger partial charge in [-0.1, -0.05) is 24.8 Å². The predicted octanol–water partition coefficient (Wildman–Crippen LogP) is 2.76. The molecule has 29 heavy (non-hydrogen) atoms. The number of rotatable bonds is 3. The van der Waals surface area contributed by atoms with E-state index in [1.54, 1.807) is 26.8 Å². The summed E-state index contributed by atoms with van der Waals surface area (Å²) in [5.74, 6) is -2.81. The molecular formula is C22H26O7.